The number of halogens is 2. The lowest BCUT2D eigenvalue weighted by molar-refractivity contribution is 0.589. The van der Waals surface area contributed by atoms with Gasteiger partial charge in [-0.3, -0.25) is 0 Å². The highest BCUT2D eigenvalue weighted by Gasteiger charge is 2.02. The van der Waals surface area contributed by atoms with Crippen LogP contribution >= 0.6 is 11.6 Å². The van der Waals surface area contributed by atoms with Gasteiger partial charge in [-0.1, -0.05) is 11.6 Å². The van der Waals surface area contributed by atoms with E-state index in [1.54, 1.807) is 12.1 Å². The smallest absolute Gasteiger partial charge is 0.126 e. The van der Waals surface area contributed by atoms with E-state index < -0.39 is 0 Å². The maximum Gasteiger partial charge on any atom is 0.126 e. The molecule has 2 nitrogen and oxygen atoms in total. The first-order valence-electron chi connectivity index (χ1n) is 5.53. The average molecular weight is 245 g/mol. The maximum absolute atomic E-state index is 13.3. The number of rotatable bonds is 7. The van der Waals surface area contributed by atoms with Crippen LogP contribution in [0.25, 0.3) is 0 Å². The van der Waals surface area contributed by atoms with E-state index in [-0.39, 0.29) is 5.82 Å². The van der Waals surface area contributed by atoms with Crippen molar-refractivity contribution in [2.45, 2.75) is 12.8 Å². The minimum absolute atomic E-state index is 0.179. The molecule has 0 aliphatic carbocycles. The van der Waals surface area contributed by atoms with Crippen LogP contribution in [0, 0.1) is 5.82 Å². The summed E-state index contributed by atoms with van der Waals surface area (Å²) in [6.45, 7) is 2.72. The van der Waals surface area contributed by atoms with Crippen LogP contribution in [0.4, 0.5) is 4.39 Å². The van der Waals surface area contributed by atoms with Gasteiger partial charge in [0.15, 0.2) is 0 Å². The third-order valence-electron chi connectivity index (χ3n) is 2.36. The Labute approximate surface area is 101 Å². The Bertz CT molecular complexity index is 318. The van der Waals surface area contributed by atoms with Crippen LogP contribution in [-0.2, 0) is 6.42 Å². The minimum atomic E-state index is -0.179. The Morgan fingerprint density at radius 3 is 2.81 bits per heavy atom. The fourth-order valence-corrected chi connectivity index (χ4v) is 1.67. The number of benzene rings is 1. The van der Waals surface area contributed by atoms with Gasteiger partial charge in [-0.25, -0.2) is 4.39 Å². The third-order valence-corrected chi connectivity index (χ3v) is 2.59. The molecule has 0 saturated carbocycles. The molecular weight excluding hydrogens is 227 g/mol. The highest BCUT2D eigenvalue weighted by atomic mass is 35.5. The molecule has 0 unspecified atom stereocenters. The lowest BCUT2D eigenvalue weighted by Gasteiger charge is -2.06. The highest BCUT2D eigenvalue weighted by Crippen LogP contribution is 2.14. The molecule has 0 amide bonds. The van der Waals surface area contributed by atoms with Crippen molar-refractivity contribution in [2.24, 2.45) is 0 Å². The van der Waals surface area contributed by atoms with Gasteiger partial charge in [-0.2, -0.15) is 0 Å². The molecule has 2 N–H and O–H groups in total. The standard InChI is InChI=1S/C12H18ClFN2/c1-15-6-2-7-16-8-5-10-9-11(13)3-4-12(10)14/h3-4,9,15-16H,2,5-8H2,1H3. The monoisotopic (exact) mass is 244 g/mol. The van der Waals surface area contributed by atoms with Crippen LogP contribution in [0.3, 0.4) is 0 Å². The summed E-state index contributed by atoms with van der Waals surface area (Å²) in [6, 6.07) is 4.67. The van der Waals surface area contributed by atoms with E-state index in [9.17, 15) is 4.39 Å². The molecule has 0 heterocycles. The summed E-state index contributed by atoms with van der Waals surface area (Å²) in [5.41, 5.74) is 0.675. The molecule has 0 spiro atoms. The van der Waals surface area contributed by atoms with Crippen molar-refractivity contribution < 1.29 is 4.39 Å². The van der Waals surface area contributed by atoms with Crippen LogP contribution < -0.4 is 10.6 Å². The lowest BCUT2D eigenvalue weighted by Crippen LogP contribution is -2.22. The molecule has 0 fully saturated rings. The van der Waals surface area contributed by atoms with E-state index in [0.29, 0.717) is 17.0 Å². The van der Waals surface area contributed by atoms with Crippen LogP contribution in [-0.4, -0.2) is 26.7 Å². The van der Waals surface area contributed by atoms with Gasteiger partial charge in [-0.15, -0.1) is 0 Å². The lowest BCUT2D eigenvalue weighted by atomic mass is 10.1. The van der Waals surface area contributed by atoms with Gasteiger partial charge in [-0.05, 0) is 63.3 Å². The summed E-state index contributed by atoms with van der Waals surface area (Å²) in [6.07, 6.45) is 1.75. The summed E-state index contributed by atoms with van der Waals surface area (Å²) < 4.78 is 13.3. The summed E-state index contributed by atoms with van der Waals surface area (Å²) >= 11 is 5.80. The fourth-order valence-electron chi connectivity index (χ4n) is 1.47. The first-order valence-corrected chi connectivity index (χ1v) is 5.91. The van der Waals surface area contributed by atoms with Crippen molar-refractivity contribution in [3.8, 4) is 0 Å². The molecule has 0 aliphatic heterocycles. The molecule has 0 saturated heterocycles. The van der Waals surface area contributed by atoms with Crippen molar-refractivity contribution in [3.05, 3.63) is 34.6 Å². The first-order chi connectivity index (χ1) is 7.74. The van der Waals surface area contributed by atoms with Crippen LogP contribution in [0.15, 0.2) is 18.2 Å². The Balaban J connectivity index is 2.23. The normalized spacial score (nSPS) is 10.7. The predicted octanol–water partition coefficient (Wildman–Crippen LogP) is 2.22. The Morgan fingerprint density at radius 2 is 2.06 bits per heavy atom. The van der Waals surface area contributed by atoms with Gasteiger partial charge in [0.1, 0.15) is 5.82 Å². The average Bonchev–Trinajstić information content (AvgIpc) is 2.28. The predicted molar refractivity (Wildman–Crippen MR) is 66.5 cm³/mol. The molecule has 0 aromatic heterocycles. The van der Waals surface area contributed by atoms with Crippen LogP contribution in [0.5, 0.6) is 0 Å². The molecule has 0 bridgehead atoms. The first kappa shape index (κ1) is 13.4. The molecule has 0 radical (unpaired) electrons. The molecule has 1 aromatic rings. The SMILES string of the molecule is CNCCCNCCc1cc(Cl)ccc1F. The molecule has 90 valence electrons. The van der Waals surface area contributed by atoms with Crippen molar-refractivity contribution in [1.82, 2.24) is 10.6 Å². The summed E-state index contributed by atoms with van der Waals surface area (Å²) in [5.74, 6) is -0.179. The summed E-state index contributed by atoms with van der Waals surface area (Å²) in [5, 5.41) is 6.93. The Morgan fingerprint density at radius 1 is 1.25 bits per heavy atom. The second-order valence-corrected chi connectivity index (χ2v) is 4.13. The van der Waals surface area contributed by atoms with Gasteiger partial charge in [0.25, 0.3) is 0 Å². The van der Waals surface area contributed by atoms with Gasteiger partial charge in [0.2, 0.25) is 0 Å². The molecule has 0 atom stereocenters. The fraction of sp³-hybridized carbons (Fsp3) is 0.500. The third kappa shape index (κ3) is 4.92. The van der Waals surface area contributed by atoms with Crippen LogP contribution in [0.1, 0.15) is 12.0 Å². The van der Waals surface area contributed by atoms with Gasteiger partial charge >= 0.3 is 0 Å². The summed E-state index contributed by atoms with van der Waals surface area (Å²) in [4.78, 5) is 0. The largest absolute Gasteiger partial charge is 0.320 e. The number of hydrogen-bond donors (Lipinski definition) is 2. The molecule has 16 heavy (non-hydrogen) atoms. The minimum Gasteiger partial charge on any atom is -0.320 e. The van der Waals surface area contributed by atoms with Crippen molar-refractivity contribution in [3.63, 3.8) is 0 Å². The van der Waals surface area contributed by atoms with Crippen molar-refractivity contribution in [2.75, 3.05) is 26.7 Å². The van der Waals surface area contributed by atoms with E-state index >= 15 is 0 Å². The highest BCUT2D eigenvalue weighted by molar-refractivity contribution is 6.30. The number of nitrogens with one attached hydrogen (secondary N) is 2. The second-order valence-electron chi connectivity index (χ2n) is 3.69. The zero-order chi connectivity index (χ0) is 11.8. The zero-order valence-electron chi connectivity index (χ0n) is 9.52. The van der Waals surface area contributed by atoms with E-state index in [1.165, 1.54) is 6.07 Å². The summed E-state index contributed by atoms with van der Waals surface area (Å²) in [7, 11) is 1.93. The van der Waals surface area contributed by atoms with E-state index in [4.69, 9.17) is 11.6 Å². The Kier molecular flexibility index (Phi) is 6.38. The Hall–Kier alpha value is -0.640. The van der Waals surface area contributed by atoms with Gasteiger partial charge < -0.3 is 10.6 Å². The second kappa shape index (κ2) is 7.60. The number of hydrogen-bond acceptors (Lipinski definition) is 2. The van der Waals surface area contributed by atoms with Gasteiger partial charge in [0.05, 0.1) is 0 Å². The molecule has 4 heteroatoms. The van der Waals surface area contributed by atoms with E-state index in [1.807, 2.05) is 7.05 Å². The maximum atomic E-state index is 13.3. The molecule has 1 aromatic carbocycles. The van der Waals surface area contributed by atoms with Crippen molar-refractivity contribution in [1.29, 1.82) is 0 Å². The van der Waals surface area contributed by atoms with E-state index in [2.05, 4.69) is 10.6 Å². The quantitative estimate of drug-likeness (QED) is 0.719. The van der Waals surface area contributed by atoms with Crippen LogP contribution in [0.2, 0.25) is 5.02 Å². The molecule has 0 aliphatic rings. The molecular formula is C12H18ClFN2. The van der Waals surface area contributed by atoms with E-state index in [0.717, 1.165) is 26.1 Å². The zero-order valence-corrected chi connectivity index (χ0v) is 10.3. The topological polar surface area (TPSA) is 24.1 Å². The van der Waals surface area contributed by atoms with Crippen molar-refractivity contribution >= 4 is 11.6 Å². The molecule has 1 rings (SSSR count). The van der Waals surface area contributed by atoms with Gasteiger partial charge in [0, 0.05) is 5.02 Å².